The molecule has 0 aliphatic heterocycles. The molecule has 2 aliphatic carbocycles. The van der Waals surface area contributed by atoms with E-state index in [0.29, 0.717) is 29.2 Å². The van der Waals surface area contributed by atoms with Gasteiger partial charge in [0.2, 0.25) is 5.82 Å². The van der Waals surface area contributed by atoms with E-state index >= 15 is 8.78 Å². The molecule has 3 aromatic rings. The summed E-state index contributed by atoms with van der Waals surface area (Å²) in [6, 6.07) is 12.7. The molecule has 2 saturated carbocycles. The van der Waals surface area contributed by atoms with Crippen molar-refractivity contribution < 1.29 is 22.3 Å². The van der Waals surface area contributed by atoms with Crippen LogP contribution >= 0.6 is 0 Å². The first-order valence-corrected chi connectivity index (χ1v) is 15.7. The van der Waals surface area contributed by atoms with E-state index in [4.69, 9.17) is 4.74 Å². The molecule has 0 amide bonds. The molecule has 2 aliphatic rings. The van der Waals surface area contributed by atoms with E-state index in [-0.39, 0.29) is 22.8 Å². The highest BCUT2D eigenvalue weighted by molar-refractivity contribution is 5.72. The highest BCUT2D eigenvalue weighted by Crippen LogP contribution is 2.45. The van der Waals surface area contributed by atoms with Crippen molar-refractivity contribution in [2.45, 2.75) is 84.0 Å². The van der Waals surface area contributed by atoms with Gasteiger partial charge in [-0.05, 0) is 117 Å². The fourth-order valence-corrected chi connectivity index (χ4v) is 7.11. The topological polar surface area (TPSA) is 9.23 Å². The standard InChI is InChI=1S/C37H42F4O/c1-3-5-23-42-33-22-21-32(36(40)37(33)41)29-17-15-28(16-18-29)31-20-19-30(34(38)35(31)39)27-13-11-26(12-14-27)25-9-7-24(6-4-2)8-10-25/h4,6,15-22,24-27H,3,5,7-14,23H2,1-2H3. The Kier molecular flexibility index (Phi) is 10.1. The highest BCUT2D eigenvalue weighted by Gasteiger charge is 2.32. The summed E-state index contributed by atoms with van der Waals surface area (Å²) in [5.74, 6) is -1.52. The molecule has 1 nitrogen and oxygen atoms in total. The lowest BCUT2D eigenvalue weighted by Gasteiger charge is -2.37. The lowest BCUT2D eigenvalue weighted by atomic mass is 9.68. The maximum absolute atomic E-state index is 15.4. The van der Waals surface area contributed by atoms with Crippen molar-refractivity contribution in [2.75, 3.05) is 6.61 Å². The van der Waals surface area contributed by atoms with Crippen LogP contribution < -0.4 is 4.74 Å². The second-order valence-electron chi connectivity index (χ2n) is 12.2. The van der Waals surface area contributed by atoms with Crippen molar-refractivity contribution in [1.29, 1.82) is 0 Å². The summed E-state index contributed by atoms with van der Waals surface area (Å²) in [4.78, 5) is 0. The fourth-order valence-electron chi connectivity index (χ4n) is 7.11. The number of ether oxygens (including phenoxy) is 1. The zero-order valence-electron chi connectivity index (χ0n) is 24.8. The number of allylic oxidation sites excluding steroid dienone is 2. The quantitative estimate of drug-likeness (QED) is 0.139. The molecule has 5 heteroatoms. The minimum absolute atomic E-state index is 0.0401. The molecule has 5 rings (SSSR count). The second kappa shape index (κ2) is 13.9. The van der Waals surface area contributed by atoms with Crippen LogP contribution in [0, 0.1) is 41.0 Å². The van der Waals surface area contributed by atoms with Gasteiger partial charge >= 0.3 is 0 Å². The number of halogens is 4. The molecule has 224 valence electrons. The molecule has 0 aromatic heterocycles. The van der Waals surface area contributed by atoms with E-state index in [9.17, 15) is 8.78 Å². The summed E-state index contributed by atoms with van der Waals surface area (Å²) in [7, 11) is 0. The van der Waals surface area contributed by atoms with E-state index in [0.717, 1.165) is 50.4 Å². The summed E-state index contributed by atoms with van der Waals surface area (Å²) in [5, 5.41) is 0. The van der Waals surface area contributed by atoms with Gasteiger partial charge in [0.05, 0.1) is 6.61 Å². The average Bonchev–Trinajstić information content (AvgIpc) is 3.02. The van der Waals surface area contributed by atoms with Crippen LogP contribution in [-0.2, 0) is 0 Å². The van der Waals surface area contributed by atoms with Crippen molar-refractivity contribution in [1.82, 2.24) is 0 Å². The molecule has 0 radical (unpaired) electrons. The van der Waals surface area contributed by atoms with Gasteiger partial charge in [-0.3, -0.25) is 0 Å². The lowest BCUT2D eigenvalue weighted by molar-refractivity contribution is 0.170. The van der Waals surface area contributed by atoms with Crippen LogP contribution in [0.1, 0.15) is 89.5 Å². The SMILES string of the molecule is CC=CC1CCC(C2CCC(c3ccc(-c4ccc(-c5ccc(OCCCC)c(F)c5F)cc4)c(F)c3F)CC2)CC1. The van der Waals surface area contributed by atoms with Gasteiger partial charge < -0.3 is 4.74 Å². The number of hydrogen-bond donors (Lipinski definition) is 0. The Labute approximate surface area is 248 Å². The number of unbranched alkanes of at least 4 members (excludes halogenated alkanes) is 1. The van der Waals surface area contributed by atoms with Crippen molar-refractivity contribution >= 4 is 0 Å². The lowest BCUT2D eigenvalue weighted by Crippen LogP contribution is -2.25. The monoisotopic (exact) mass is 578 g/mol. The summed E-state index contributed by atoms with van der Waals surface area (Å²) in [6.45, 7) is 4.40. The van der Waals surface area contributed by atoms with E-state index in [1.807, 2.05) is 6.92 Å². The molecule has 42 heavy (non-hydrogen) atoms. The Morgan fingerprint density at radius 1 is 0.667 bits per heavy atom. The van der Waals surface area contributed by atoms with Gasteiger partial charge in [0.1, 0.15) is 0 Å². The predicted octanol–water partition coefficient (Wildman–Crippen LogP) is 11.4. The Morgan fingerprint density at radius 3 is 1.79 bits per heavy atom. The number of benzene rings is 3. The Morgan fingerprint density at radius 2 is 1.21 bits per heavy atom. The Balaban J connectivity index is 1.24. The van der Waals surface area contributed by atoms with Gasteiger partial charge in [0.25, 0.3) is 0 Å². The van der Waals surface area contributed by atoms with E-state index < -0.39 is 23.3 Å². The molecule has 0 bridgehead atoms. The normalized spacial score (nSPS) is 22.9. The van der Waals surface area contributed by atoms with Crippen LogP contribution in [-0.4, -0.2) is 6.61 Å². The van der Waals surface area contributed by atoms with Crippen LogP contribution in [0.25, 0.3) is 22.3 Å². The molecular weight excluding hydrogens is 536 g/mol. The van der Waals surface area contributed by atoms with E-state index in [1.54, 1.807) is 36.4 Å². The summed E-state index contributed by atoms with van der Waals surface area (Å²) in [6.07, 6.45) is 15.2. The fraction of sp³-hybridized carbons (Fsp3) is 0.459. The smallest absolute Gasteiger partial charge is 0.201 e. The first-order valence-electron chi connectivity index (χ1n) is 15.7. The van der Waals surface area contributed by atoms with E-state index in [1.165, 1.54) is 37.8 Å². The Hall–Kier alpha value is -3.08. The molecular formula is C37H42F4O. The molecule has 0 N–H and O–H groups in total. The third kappa shape index (κ3) is 6.61. The first-order chi connectivity index (χ1) is 20.4. The number of hydrogen-bond acceptors (Lipinski definition) is 1. The van der Waals surface area contributed by atoms with Crippen LogP contribution in [0.2, 0.25) is 0 Å². The van der Waals surface area contributed by atoms with Crippen molar-refractivity contribution in [3.05, 3.63) is 89.5 Å². The van der Waals surface area contributed by atoms with Gasteiger partial charge in [-0.25, -0.2) is 13.2 Å². The first kappa shape index (κ1) is 30.4. The molecule has 0 saturated heterocycles. The van der Waals surface area contributed by atoms with Crippen molar-refractivity contribution in [3.8, 4) is 28.0 Å². The third-order valence-corrected chi connectivity index (χ3v) is 9.58. The van der Waals surface area contributed by atoms with Gasteiger partial charge in [-0.15, -0.1) is 0 Å². The maximum Gasteiger partial charge on any atom is 0.201 e. The van der Waals surface area contributed by atoms with Gasteiger partial charge in [0, 0.05) is 11.1 Å². The minimum Gasteiger partial charge on any atom is -0.490 e. The predicted molar refractivity (Wildman–Crippen MR) is 163 cm³/mol. The molecule has 3 aromatic carbocycles. The van der Waals surface area contributed by atoms with E-state index in [2.05, 4.69) is 19.1 Å². The summed E-state index contributed by atoms with van der Waals surface area (Å²) >= 11 is 0. The molecule has 0 heterocycles. The zero-order chi connectivity index (χ0) is 29.6. The second-order valence-corrected chi connectivity index (χ2v) is 12.2. The average molecular weight is 579 g/mol. The molecule has 2 fully saturated rings. The highest BCUT2D eigenvalue weighted by atomic mass is 19.2. The van der Waals surface area contributed by atoms with Gasteiger partial charge in [-0.2, -0.15) is 4.39 Å². The van der Waals surface area contributed by atoms with Crippen LogP contribution in [0.3, 0.4) is 0 Å². The maximum atomic E-state index is 15.4. The van der Waals surface area contributed by atoms with Gasteiger partial charge in [-0.1, -0.05) is 61.9 Å². The largest absolute Gasteiger partial charge is 0.490 e. The van der Waals surface area contributed by atoms with Gasteiger partial charge in [0.15, 0.2) is 23.2 Å². The van der Waals surface area contributed by atoms with Crippen LogP contribution in [0.15, 0.2) is 60.7 Å². The zero-order valence-corrected chi connectivity index (χ0v) is 24.8. The van der Waals surface area contributed by atoms with Crippen molar-refractivity contribution in [2.24, 2.45) is 17.8 Å². The molecule has 0 unspecified atom stereocenters. The summed E-state index contributed by atoms with van der Waals surface area (Å²) < 4.78 is 65.5. The van der Waals surface area contributed by atoms with Crippen LogP contribution in [0.5, 0.6) is 5.75 Å². The van der Waals surface area contributed by atoms with Crippen LogP contribution in [0.4, 0.5) is 17.6 Å². The Bertz CT molecular complexity index is 1360. The summed E-state index contributed by atoms with van der Waals surface area (Å²) in [5.41, 5.74) is 1.66. The van der Waals surface area contributed by atoms with Crippen molar-refractivity contribution in [3.63, 3.8) is 0 Å². The molecule has 0 atom stereocenters. The number of rotatable bonds is 9. The minimum atomic E-state index is -1.03. The molecule has 0 spiro atoms. The third-order valence-electron chi connectivity index (χ3n) is 9.58.